The van der Waals surface area contributed by atoms with Crippen molar-refractivity contribution in [1.29, 1.82) is 0 Å². The SMILES string of the molecule is CC(=O)N(CCC(=O)NCc1ccncc1)c1ccc(N2CCCC2)cc1. The van der Waals surface area contributed by atoms with Crippen molar-refractivity contribution in [3.8, 4) is 0 Å². The van der Waals surface area contributed by atoms with Crippen molar-refractivity contribution < 1.29 is 9.59 Å². The van der Waals surface area contributed by atoms with E-state index in [9.17, 15) is 9.59 Å². The predicted octanol–water partition coefficient (Wildman–Crippen LogP) is 2.74. The van der Waals surface area contributed by atoms with Crippen molar-refractivity contribution in [3.63, 3.8) is 0 Å². The van der Waals surface area contributed by atoms with Crippen LogP contribution >= 0.6 is 0 Å². The zero-order valence-corrected chi connectivity index (χ0v) is 15.7. The van der Waals surface area contributed by atoms with Gasteiger partial charge in [0.2, 0.25) is 11.8 Å². The van der Waals surface area contributed by atoms with E-state index >= 15 is 0 Å². The fourth-order valence-electron chi connectivity index (χ4n) is 3.29. The van der Waals surface area contributed by atoms with E-state index < -0.39 is 0 Å². The van der Waals surface area contributed by atoms with Crippen LogP contribution < -0.4 is 15.1 Å². The van der Waals surface area contributed by atoms with Gasteiger partial charge in [-0.1, -0.05) is 0 Å². The second-order valence-corrected chi connectivity index (χ2v) is 6.76. The number of aromatic nitrogens is 1. The van der Waals surface area contributed by atoms with E-state index in [0.29, 0.717) is 13.1 Å². The highest BCUT2D eigenvalue weighted by atomic mass is 16.2. The van der Waals surface area contributed by atoms with Gasteiger partial charge in [-0.05, 0) is 54.8 Å². The van der Waals surface area contributed by atoms with Gasteiger partial charge in [0.25, 0.3) is 0 Å². The lowest BCUT2D eigenvalue weighted by molar-refractivity contribution is -0.121. The molecule has 1 N–H and O–H groups in total. The molecule has 0 atom stereocenters. The molecule has 142 valence electrons. The summed E-state index contributed by atoms with van der Waals surface area (Å²) in [5, 5.41) is 2.88. The average molecular weight is 366 g/mol. The molecule has 6 nitrogen and oxygen atoms in total. The van der Waals surface area contributed by atoms with E-state index in [-0.39, 0.29) is 18.2 Å². The Morgan fingerprint density at radius 1 is 1.07 bits per heavy atom. The Kier molecular flexibility index (Phi) is 6.41. The topological polar surface area (TPSA) is 65.5 Å². The Labute approximate surface area is 160 Å². The second kappa shape index (κ2) is 9.16. The molecule has 1 aromatic heterocycles. The molecular formula is C21H26N4O2. The summed E-state index contributed by atoms with van der Waals surface area (Å²) in [6.45, 7) is 4.54. The molecule has 3 rings (SSSR count). The molecule has 0 radical (unpaired) electrons. The summed E-state index contributed by atoms with van der Waals surface area (Å²) in [6.07, 6.45) is 6.12. The Hall–Kier alpha value is -2.89. The van der Waals surface area contributed by atoms with Crippen LogP contribution in [-0.4, -0.2) is 36.4 Å². The Balaban J connectivity index is 1.54. The molecule has 1 fully saturated rings. The molecule has 1 aromatic carbocycles. The van der Waals surface area contributed by atoms with E-state index in [0.717, 1.165) is 24.3 Å². The molecule has 2 amide bonds. The van der Waals surface area contributed by atoms with Crippen LogP contribution in [0.1, 0.15) is 31.7 Å². The fraction of sp³-hybridized carbons (Fsp3) is 0.381. The van der Waals surface area contributed by atoms with Gasteiger partial charge in [-0.15, -0.1) is 0 Å². The first kappa shape index (κ1) is 18.9. The van der Waals surface area contributed by atoms with Crippen LogP contribution in [0.4, 0.5) is 11.4 Å². The maximum Gasteiger partial charge on any atom is 0.223 e. The molecule has 1 aliphatic rings. The highest BCUT2D eigenvalue weighted by Gasteiger charge is 2.16. The van der Waals surface area contributed by atoms with Crippen LogP contribution in [0.3, 0.4) is 0 Å². The minimum atomic E-state index is -0.0771. The van der Waals surface area contributed by atoms with Crippen LogP contribution in [-0.2, 0) is 16.1 Å². The molecule has 0 saturated carbocycles. The minimum absolute atomic E-state index is 0.0640. The van der Waals surface area contributed by atoms with Crippen LogP contribution in [0, 0.1) is 0 Å². The van der Waals surface area contributed by atoms with Gasteiger partial charge in [-0.3, -0.25) is 14.6 Å². The lowest BCUT2D eigenvalue weighted by Crippen LogP contribution is -2.33. The Morgan fingerprint density at radius 3 is 2.37 bits per heavy atom. The van der Waals surface area contributed by atoms with Gasteiger partial charge in [0.05, 0.1) is 0 Å². The number of benzene rings is 1. The van der Waals surface area contributed by atoms with Gasteiger partial charge in [-0.2, -0.15) is 0 Å². The molecule has 0 bridgehead atoms. The van der Waals surface area contributed by atoms with Crippen molar-refractivity contribution in [2.24, 2.45) is 0 Å². The second-order valence-electron chi connectivity index (χ2n) is 6.76. The van der Waals surface area contributed by atoms with Gasteiger partial charge >= 0.3 is 0 Å². The summed E-state index contributed by atoms with van der Waals surface area (Å²) in [5.74, 6) is -0.141. The van der Waals surface area contributed by atoms with E-state index in [1.807, 2.05) is 24.3 Å². The van der Waals surface area contributed by atoms with E-state index in [1.165, 1.54) is 25.5 Å². The molecule has 0 aliphatic carbocycles. The highest BCUT2D eigenvalue weighted by molar-refractivity contribution is 5.92. The molecule has 2 heterocycles. The summed E-state index contributed by atoms with van der Waals surface area (Å²) in [4.78, 5) is 32.2. The predicted molar refractivity (Wildman–Crippen MR) is 107 cm³/mol. The highest BCUT2D eigenvalue weighted by Crippen LogP contribution is 2.24. The Morgan fingerprint density at radius 2 is 1.74 bits per heavy atom. The van der Waals surface area contributed by atoms with Crippen LogP contribution in [0.25, 0.3) is 0 Å². The third-order valence-electron chi connectivity index (χ3n) is 4.81. The summed E-state index contributed by atoms with van der Waals surface area (Å²) in [7, 11) is 0. The Bertz CT molecular complexity index is 756. The van der Waals surface area contributed by atoms with Gasteiger partial charge in [-0.25, -0.2) is 0 Å². The number of hydrogen-bond acceptors (Lipinski definition) is 4. The molecule has 27 heavy (non-hydrogen) atoms. The number of hydrogen-bond donors (Lipinski definition) is 1. The van der Waals surface area contributed by atoms with Crippen molar-refractivity contribution in [2.45, 2.75) is 32.7 Å². The van der Waals surface area contributed by atoms with Crippen molar-refractivity contribution >= 4 is 23.2 Å². The summed E-state index contributed by atoms with van der Waals surface area (Å²) in [6, 6.07) is 11.8. The zero-order valence-electron chi connectivity index (χ0n) is 15.7. The smallest absolute Gasteiger partial charge is 0.223 e. The van der Waals surface area contributed by atoms with E-state index in [4.69, 9.17) is 0 Å². The lowest BCUT2D eigenvalue weighted by Gasteiger charge is -2.23. The molecular weight excluding hydrogens is 340 g/mol. The maximum atomic E-state index is 12.1. The average Bonchev–Trinajstić information content (AvgIpc) is 3.22. The lowest BCUT2D eigenvalue weighted by atomic mass is 10.2. The maximum absolute atomic E-state index is 12.1. The number of amides is 2. The minimum Gasteiger partial charge on any atom is -0.372 e. The monoisotopic (exact) mass is 366 g/mol. The van der Waals surface area contributed by atoms with Gasteiger partial charge in [0.15, 0.2) is 0 Å². The van der Waals surface area contributed by atoms with E-state index in [1.54, 1.807) is 17.3 Å². The fourth-order valence-corrected chi connectivity index (χ4v) is 3.29. The molecule has 1 saturated heterocycles. The van der Waals surface area contributed by atoms with Gasteiger partial charge in [0.1, 0.15) is 0 Å². The van der Waals surface area contributed by atoms with Crippen molar-refractivity contribution in [2.75, 3.05) is 29.4 Å². The largest absolute Gasteiger partial charge is 0.372 e. The third kappa shape index (κ3) is 5.29. The number of carbonyl (C=O) groups excluding carboxylic acids is 2. The number of rotatable bonds is 7. The normalized spacial score (nSPS) is 13.4. The number of pyridine rings is 1. The van der Waals surface area contributed by atoms with Crippen LogP contribution in [0.5, 0.6) is 0 Å². The van der Waals surface area contributed by atoms with Crippen molar-refractivity contribution in [1.82, 2.24) is 10.3 Å². The molecule has 0 unspecified atom stereocenters. The number of anilines is 2. The number of nitrogens with one attached hydrogen (secondary N) is 1. The summed E-state index contributed by atoms with van der Waals surface area (Å²) in [5.41, 5.74) is 3.02. The van der Waals surface area contributed by atoms with E-state index in [2.05, 4.69) is 27.3 Å². The van der Waals surface area contributed by atoms with Crippen molar-refractivity contribution in [3.05, 3.63) is 54.4 Å². The molecule has 6 heteroatoms. The first-order valence-electron chi connectivity index (χ1n) is 9.42. The third-order valence-corrected chi connectivity index (χ3v) is 4.81. The summed E-state index contributed by atoms with van der Waals surface area (Å²) < 4.78 is 0. The standard InChI is InChI=1S/C21H26N4O2/c1-17(26)25(15-10-21(27)23-16-18-8-11-22-12-9-18)20-6-4-19(5-7-20)24-13-2-3-14-24/h4-9,11-12H,2-3,10,13-16H2,1H3,(H,23,27). The van der Waals surface area contributed by atoms with Crippen LogP contribution in [0.2, 0.25) is 0 Å². The summed E-state index contributed by atoms with van der Waals surface area (Å²) >= 11 is 0. The number of nitrogens with zero attached hydrogens (tertiary/aromatic N) is 3. The molecule has 2 aromatic rings. The first-order valence-corrected chi connectivity index (χ1v) is 9.42. The van der Waals surface area contributed by atoms with Crippen LogP contribution in [0.15, 0.2) is 48.8 Å². The molecule has 0 spiro atoms. The number of carbonyl (C=O) groups is 2. The van der Waals surface area contributed by atoms with Gasteiger partial charge in [0, 0.05) is 63.3 Å². The first-order chi connectivity index (χ1) is 13.1. The molecule has 1 aliphatic heterocycles. The zero-order chi connectivity index (χ0) is 19.1. The quantitative estimate of drug-likeness (QED) is 0.818. The van der Waals surface area contributed by atoms with Gasteiger partial charge < -0.3 is 15.1 Å².